The van der Waals surface area contributed by atoms with Crippen LogP contribution in [0.1, 0.15) is 27.3 Å². The molecule has 0 bridgehead atoms. The molecule has 0 atom stereocenters. The number of hydrogen-bond acceptors (Lipinski definition) is 4. The molecule has 0 fully saturated rings. The second kappa shape index (κ2) is 7.03. The predicted octanol–water partition coefficient (Wildman–Crippen LogP) is 3.32. The van der Waals surface area contributed by atoms with Gasteiger partial charge in [0.05, 0.1) is 16.9 Å². The van der Waals surface area contributed by atoms with E-state index in [-0.39, 0.29) is 23.5 Å². The first-order chi connectivity index (χ1) is 12.7. The average Bonchev–Trinajstić information content (AvgIpc) is 2.91. The van der Waals surface area contributed by atoms with Crippen LogP contribution in [0.15, 0.2) is 47.1 Å². The molecule has 0 saturated carbocycles. The number of halogens is 4. The largest absolute Gasteiger partial charge is 0.417 e. The van der Waals surface area contributed by atoms with E-state index in [1.807, 2.05) is 0 Å². The molecule has 27 heavy (non-hydrogen) atoms. The van der Waals surface area contributed by atoms with Gasteiger partial charge < -0.3 is 11.5 Å². The summed E-state index contributed by atoms with van der Waals surface area (Å²) in [4.78, 5) is 15.7. The van der Waals surface area contributed by atoms with Gasteiger partial charge in [-0.2, -0.15) is 18.3 Å². The normalized spacial score (nSPS) is 11.6. The number of para-hydroxylation sites is 1. The summed E-state index contributed by atoms with van der Waals surface area (Å²) in [6.45, 7) is 0. The van der Waals surface area contributed by atoms with Gasteiger partial charge in [-0.3, -0.25) is 9.78 Å². The number of anilines is 1. The molecule has 0 aliphatic carbocycles. The Bertz CT molecular complexity index is 999. The van der Waals surface area contributed by atoms with Crippen LogP contribution in [0.5, 0.6) is 0 Å². The zero-order chi connectivity index (χ0) is 19.8. The number of carbonyl (C=O) groups is 1. The summed E-state index contributed by atoms with van der Waals surface area (Å²) in [6.07, 6.45) is -3.75. The highest BCUT2D eigenvalue weighted by molar-refractivity contribution is 9.10. The standard InChI is InChI=1S/C17H13BrF3N5O/c18-11-3-1-2-4-13(11)26-15(22)14(16(23)27)12(25-26)7-10-6-5-9(8-24-10)17(19,20)21/h1-6,8H,7,22H2,(H2,23,27). The van der Waals surface area contributed by atoms with Crippen LogP contribution in [0, 0.1) is 0 Å². The Hall–Kier alpha value is -2.88. The topological polar surface area (TPSA) is 99.8 Å². The van der Waals surface area contributed by atoms with E-state index < -0.39 is 17.6 Å². The third-order valence-electron chi connectivity index (χ3n) is 3.82. The molecule has 3 rings (SSSR count). The van der Waals surface area contributed by atoms with E-state index in [4.69, 9.17) is 11.5 Å². The van der Waals surface area contributed by atoms with Crippen molar-refractivity contribution in [2.45, 2.75) is 12.6 Å². The Morgan fingerprint density at radius 1 is 1.19 bits per heavy atom. The number of carbonyl (C=O) groups excluding carboxylic acids is 1. The second-order valence-corrected chi connectivity index (χ2v) is 6.50. The molecule has 0 spiro atoms. The zero-order valence-electron chi connectivity index (χ0n) is 13.7. The molecule has 0 aliphatic heterocycles. The summed E-state index contributed by atoms with van der Waals surface area (Å²) in [7, 11) is 0. The molecule has 2 heterocycles. The Balaban J connectivity index is 2.02. The van der Waals surface area contributed by atoms with Gasteiger partial charge in [-0.1, -0.05) is 12.1 Å². The monoisotopic (exact) mass is 439 g/mol. The summed E-state index contributed by atoms with van der Waals surface area (Å²) < 4.78 is 40.0. The molecule has 0 aliphatic rings. The molecule has 0 saturated heterocycles. The van der Waals surface area contributed by atoms with Gasteiger partial charge in [0.15, 0.2) is 0 Å². The third-order valence-corrected chi connectivity index (χ3v) is 4.49. The third kappa shape index (κ3) is 3.80. The lowest BCUT2D eigenvalue weighted by molar-refractivity contribution is -0.137. The highest BCUT2D eigenvalue weighted by atomic mass is 79.9. The molecule has 3 aromatic rings. The number of alkyl halides is 3. The van der Waals surface area contributed by atoms with Crippen LogP contribution in [-0.2, 0) is 12.6 Å². The molecule has 1 aromatic carbocycles. The molecule has 0 unspecified atom stereocenters. The number of rotatable bonds is 4. The van der Waals surface area contributed by atoms with Crippen molar-refractivity contribution in [2.24, 2.45) is 5.73 Å². The molecule has 2 aromatic heterocycles. The number of benzene rings is 1. The average molecular weight is 440 g/mol. The van der Waals surface area contributed by atoms with Gasteiger partial charge in [-0.25, -0.2) is 4.68 Å². The lowest BCUT2D eigenvalue weighted by Crippen LogP contribution is -2.15. The van der Waals surface area contributed by atoms with E-state index in [2.05, 4.69) is 26.0 Å². The van der Waals surface area contributed by atoms with Crippen LogP contribution in [-0.4, -0.2) is 20.7 Å². The highest BCUT2D eigenvalue weighted by Gasteiger charge is 2.31. The van der Waals surface area contributed by atoms with E-state index >= 15 is 0 Å². The number of hydrogen-bond donors (Lipinski definition) is 2. The summed E-state index contributed by atoms with van der Waals surface area (Å²) in [5.74, 6) is -0.746. The maximum atomic E-state index is 12.7. The van der Waals surface area contributed by atoms with Gasteiger partial charge in [0, 0.05) is 22.8 Å². The highest BCUT2D eigenvalue weighted by Crippen LogP contribution is 2.30. The number of amides is 1. The smallest absolute Gasteiger partial charge is 0.383 e. The van der Waals surface area contributed by atoms with Gasteiger partial charge in [0.2, 0.25) is 0 Å². The minimum absolute atomic E-state index is 0.00192. The van der Waals surface area contributed by atoms with Crippen molar-refractivity contribution in [3.05, 3.63) is 69.6 Å². The number of pyridine rings is 1. The number of nitrogens with two attached hydrogens (primary N) is 2. The Morgan fingerprint density at radius 3 is 2.44 bits per heavy atom. The number of aromatic nitrogens is 3. The molecule has 140 valence electrons. The van der Waals surface area contributed by atoms with Gasteiger partial charge >= 0.3 is 6.18 Å². The van der Waals surface area contributed by atoms with E-state index in [0.717, 1.165) is 12.3 Å². The zero-order valence-corrected chi connectivity index (χ0v) is 15.3. The summed E-state index contributed by atoms with van der Waals surface area (Å²) in [5, 5.41) is 4.33. The van der Waals surface area contributed by atoms with Crippen LogP contribution >= 0.6 is 15.9 Å². The van der Waals surface area contributed by atoms with E-state index in [1.165, 1.54) is 10.7 Å². The molecular weight excluding hydrogens is 427 g/mol. The van der Waals surface area contributed by atoms with Crippen molar-refractivity contribution in [2.75, 3.05) is 5.73 Å². The second-order valence-electron chi connectivity index (χ2n) is 5.65. The summed E-state index contributed by atoms with van der Waals surface area (Å²) in [6, 6.07) is 9.22. The SMILES string of the molecule is NC(=O)c1c(Cc2ccc(C(F)(F)F)cn2)nn(-c2ccccc2Br)c1N. The number of primary amides is 1. The fourth-order valence-corrected chi connectivity index (χ4v) is 3.00. The molecule has 4 N–H and O–H groups in total. The molecule has 0 radical (unpaired) electrons. The van der Waals surface area contributed by atoms with Gasteiger partial charge in [-0.15, -0.1) is 0 Å². The minimum Gasteiger partial charge on any atom is -0.383 e. The van der Waals surface area contributed by atoms with Crippen molar-refractivity contribution in [1.82, 2.24) is 14.8 Å². The van der Waals surface area contributed by atoms with Crippen LogP contribution < -0.4 is 11.5 Å². The lowest BCUT2D eigenvalue weighted by atomic mass is 10.1. The Kier molecular flexibility index (Phi) is 4.92. The van der Waals surface area contributed by atoms with Gasteiger partial charge in [0.1, 0.15) is 11.4 Å². The molecular formula is C17H13BrF3N5O. The van der Waals surface area contributed by atoms with E-state index in [0.29, 0.717) is 15.9 Å². The summed E-state index contributed by atoms with van der Waals surface area (Å²) in [5.41, 5.74) is 11.7. The van der Waals surface area contributed by atoms with Crippen LogP contribution in [0.3, 0.4) is 0 Å². The fraction of sp³-hybridized carbons (Fsp3) is 0.118. The fourth-order valence-electron chi connectivity index (χ4n) is 2.55. The van der Waals surface area contributed by atoms with Crippen molar-refractivity contribution >= 4 is 27.7 Å². The van der Waals surface area contributed by atoms with E-state index in [1.54, 1.807) is 24.3 Å². The minimum atomic E-state index is -4.48. The molecule has 1 amide bonds. The van der Waals surface area contributed by atoms with Gasteiger partial charge in [0.25, 0.3) is 5.91 Å². The number of nitrogen functional groups attached to an aromatic ring is 1. The predicted molar refractivity (Wildman–Crippen MR) is 96.2 cm³/mol. The summed E-state index contributed by atoms with van der Waals surface area (Å²) >= 11 is 3.38. The van der Waals surface area contributed by atoms with Crippen molar-refractivity contribution in [3.63, 3.8) is 0 Å². The molecule has 6 nitrogen and oxygen atoms in total. The Morgan fingerprint density at radius 2 is 1.89 bits per heavy atom. The first-order valence-corrected chi connectivity index (χ1v) is 8.42. The van der Waals surface area contributed by atoms with Gasteiger partial charge in [-0.05, 0) is 40.2 Å². The van der Waals surface area contributed by atoms with Crippen LogP contribution in [0.25, 0.3) is 5.69 Å². The molecule has 10 heteroatoms. The maximum Gasteiger partial charge on any atom is 0.417 e. The lowest BCUT2D eigenvalue weighted by Gasteiger charge is -2.06. The first kappa shape index (κ1) is 18.9. The van der Waals surface area contributed by atoms with Crippen molar-refractivity contribution < 1.29 is 18.0 Å². The quantitative estimate of drug-likeness (QED) is 0.650. The van der Waals surface area contributed by atoms with Crippen molar-refractivity contribution in [1.29, 1.82) is 0 Å². The van der Waals surface area contributed by atoms with Crippen LogP contribution in [0.4, 0.5) is 19.0 Å². The van der Waals surface area contributed by atoms with Crippen molar-refractivity contribution in [3.8, 4) is 5.69 Å². The number of nitrogens with zero attached hydrogens (tertiary/aromatic N) is 3. The van der Waals surface area contributed by atoms with Crippen LogP contribution in [0.2, 0.25) is 0 Å². The van der Waals surface area contributed by atoms with E-state index in [9.17, 15) is 18.0 Å². The first-order valence-electron chi connectivity index (χ1n) is 7.62. The Labute approximate surface area is 160 Å². The maximum absolute atomic E-state index is 12.7.